The second-order valence-corrected chi connectivity index (χ2v) is 6.43. The Morgan fingerprint density at radius 1 is 1.21 bits per heavy atom. The molecule has 1 nitrogen and oxygen atoms in total. The molecule has 1 fully saturated rings. The van der Waals surface area contributed by atoms with E-state index in [0.717, 1.165) is 32.4 Å². The summed E-state index contributed by atoms with van der Waals surface area (Å²) in [6.45, 7) is 0. The van der Waals surface area contributed by atoms with Crippen molar-refractivity contribution in [2.45, 2.75) is 12.0 Å². The number of thioether (sulfide) groups is 1. The standard InChI is InChI=1S/C10H10Br2OS/c11-8-3-7(4-9(12)5-8)10(13)1-2-14-6-10/h3-5,13H,1-2,6H2. The molecule has 1 saturated heterocycles. The van der Waals surface area contributed by atoms with E-state index >= 15 is 0 Å². The van der Waals surface area contributed by atoms with Crippen molar-refractivity contribution in [2.24, 2.45) is 0 Å². The normalized spacial score (nSPS) is 26.8. The van der Waals surface area contributed by atoms with Crippen LogP contribution in [0.15, 0.2) is 27.1 Å². The van der Waals surface area contributed by atoms with Crippen LogP contribution in [0.5, 0.6) is 0 Å². The number of rotatable bonds is 1. The molecule has 1 atom stereocenters. The second-order valence-electron chi connectivity index (χ2n) is 3.49. The van der Waals surface area contributed by atoms with Gasteiger partial charge < -0.3 is 5.11 Å². The molecule has 1 aromatic carbocycles. The third-order valence-electron chi connectivity index (χ3n) is 2.40. The van der Waals surface area contributed by atoms with E-state index in [-0.39, 0.29) is 0 Å². The van der Waals surface area contributed by atoms with Crippen LogP contribution in [0.2, 0.25) is 0 Å². The van der Waals surface area contributed by atoms with Crippen molar-refractivity contribution in [2.75, 3.05) is 11.5 Å². The van der Waals surface area contributed by atoms with Crippen LogP contribution in [-0.2, 0) is 5.60 Å². The molecule has 1 aliphatic heterocycles. The monoisotopic (exact) mass is 336 g/mol. The largest absolute Gasteiger partial charge is 0.384 e. The summed E-state index contributed by atoms with van der Waals surface area (Å²) in [7, 11) is 0. The molecule has 1 aliphatic rings. The Labute approximate surface area is 105 Å². The van der Waals surface area contributed by atoms with Crippen molar-refractivity contribution in [3.63, 3.8) is 0 Å². The van der Waals surface area contributed by atoms with Gasteiger partial charge in [0.2, 0.25) is 0 Å². The average Bonchev–Trinajstić information content (AvgIpc) is 2.52. The maximum absolute atomic E-state index is 10.3. The highest BCUT2D eigenvalue weighted by atomic mass is 79.9. The Kier molecular flexibility index (Phi) is 3.27. The van der Waals surface area contributed by atoms with Gasteiger partial charge in [0.25, 0.3) is 0 Å². The Morgan fingerprint density at radius 2 is 1.86 bits per heavy atom. The molecule has 1 heterocycles. The molecule has 0 bridgehead atoms. The van der Waals surface area contributed by atoms with Crippen LogP contribution in [0.3, 0.4) is 0 Å². The third kappa shape index (κ3) is 2.18. The highest BCUT2D eigenvalue weighted by Crippen LogP contribution is 2.38. The molecule has 0 radical (unpaired) electrons. The number of hydrogen-bond acceptors (Lipinski definition) is 2. The van der Waals surface area contributed by atoms with E-state index < -0.39 is 5.60 Å². The molecule has 1 aromatic rings. The first kappa shape index (κ1) is 11.0. The van der Waals surface area contributed by atoms with Crippen LogP contribution >= 0.6 is 43.6 Å². The van der Waals surface area contributed by atoms with Gasteiger partial charge in [0, 0.05) is 14.7 Å². The fourth-order valence-electron chi connectivity index (χ4n) is 1.60. The first-order valence-electron chi connectivity index (χ1n) is 4.37. The van der Waals surface area contributed by atoms with Crippen molar-refractivity contribution in [1.29, 1.82) is 0 Å². The number of hydrogen-bond donors (Lipinski definition) is 1. The predicted octanol–water partition coefficient (Wildman–Crippen LogP) is 3.54. The molecule has 0 amide bonds. The minimum atomic E-state index is -0.628. The predicted molar refractivity (Wildman–Crippen MR) is 67.7 cm³/mol. The molecule has 76 valence electrons. The molecule has 0 aliphatic carbocycles. The molecular weight excluding hydrogens is 328 g/mol. The first-order chi connectivity index (χ1) is 6.60. The fourth-order valence-corrected chi connectivity index (χ4v) is 4.17. The molecule has 0 aromatic heterocycles. The van der Waals surface area contributed by atoms with Gasteiger partial charge in [-0.1, -0.05) is 31.9 Å². The average molecular weight is 338 g/mol. The van der Waals surface area contributed by atoms with Crippen LogP contribution in [0, 0.1) is 0 Å². The minimum absolute atomic E-state index is 0.628. The van der Waals surface area contributed by atoms with Crippen LogP contribution in [0.25, 0.3) is 0 Å². The summed E-state index contributed by atoms with van der Waals surface area (Å²) in [5.74, 6) is 1.84. The molecule has 2 rings (SSSR count). The Balaban J connectivity index is 2.40. The summed E-state index contributed by atoms with van der Waals surface area (Å²) < 4.78 is 2.01. The zero-order chi connectivity index (χ0) is 10.2. The van der Waals surface area contributed by atoms with Gasteiger partial charge in [0.1, 0.15) is 0 Å². The lowest BCUT2D eigenvalue weighted by atomic mass is 9.94. The molecule has 14 heavy (non-hydrogen) atoms. The lowest BCUT2D eigenvalue weighted by Gasteiger charge is -2.22. The lowest BCUT2D eigenvalue weighted by molar-refractivity contribution is 0.0656. The Hall–Kier alpha value is 0.490. The van der Waals surface area contributed by atoms with E-state index in [1.165, 1.54) is 0 Å². The van der Waals surface area contributed by atoms with E-state index in [1.54, 1.807) is 11.8 Å². The molecule has 0 spiro atoms. The van der Waals surface area contributed by atoms with Crippen molar-refractivity contribution in [3.8, 4) is 0 Å². The van der Waals surface area contributed by atoms with Gasteiger partial charge in [0.05, 0.1) is 5.60 Å². The van der Waals surface area contributed by atoms with Gasteiger partial charge >= 0.3 is 0 Å². The molecule has 1 N–H and O–H groups in total. The van der Waals surface area contributed by atoms with E-state index in [1.807, 2.05) is 18.2 Å². The topological polar surface area (TPSA) is 20.2 Å². The van der Waals surface area contributed by atoms with Crippen molar-refractivity contribution in [1.82, 2.24) is 0 Å². The summed E-state index contributed by atoms with van der Waals surface area (Å²) in [4.78, 5) is 0. The quantitative estimate of drug-likeness (QED) is 0.845. The summed E-state index contributed by atoms with van der Waals surface area (Å²) in [5, 5.41) is 10.3. The van der Waals surface area contributed by atoms with Crippen LogP contribution in [-0.4, -0.2) is 16.6 Å². The zero-order valence-electron chi connectivity index (χ0n) is 7.46. The Bertz CT molecular complexity index is 328. The van der Waals surface area contributed by atoms with Crippen molar-refractivity contribution < 1.29 is 5.11 Å². The second kappa shape index (κ2) is 4.16. The molecular formula is C10H10Br2OS. The van der Waals surface area contributed by atoms with Crippen LogP contribution in [0.4, 0.5) is 0 Å². The first-order valence-corrected chi connectivity index (χ1v) is 7.11. The van der Waals surface area contributed by atoms with Gasteiger partial charge in [-0.2, -0.15) is 11.8 Å². The van der Waals surface area contributed by atoms with Gasteiger partial charge in [-0.15, -0.1) is 0 Å². The van der Waals surface area contributed by atoms with Gasteiger partial charge in [0.15, 0.2) is 0 Å². The summed E-state index contributed by atoms with van der Waals surface area (Å²) >= 11 is 8.68. The van der Waals surface area contributed by atoms with Gasteiger partial charge in [-0.25, -0.2) is 0 Å². The van der Waals surface area contributed by atoms with Crippen LogP contribution in [0.1, 0.15) is 12.0 Å². The maximum Gasteiger partial charge on any atom is 0.0995 e. The zero-order valence-corrected chi connectivity index (χ0v) is 11.5. The molecule has 0 saturated carbocycles. The van der Waals surface area contributed by atoms with E-state index in [0.29, 0.717) is 0 Å². The smallest absolute Gasteiger partial charge is 0.0995 e. The third-order valence-corrected chi connectivity index (χ3v) is 4.49. The Morgan fingerprint density at radius 3 is 2.36 bits per heavy atom. The number of halogens is 2. The minimum Gasteiger partial charge on any atom is -0.384 e. The fraction of sp³-hybridized carbons (Fsp3) is 0.400. The summed E-state index contributed by atoms with van der Waals surface area (Å²) in [5.41, 5.74) is 0.375. The van der Waals surface area contributed by atoms with E-state index in [4.69, 9.17) is 0 Å². The molecule has 1 unspecified atom stereocenters. The van der Waals surface area contributed by atoms with Crippen molar-refractivity contribution >= 4 is 43.6 Å². The maximum atomic E-state index is 10.3. The SMILES string of the molecule is OC1(c2cc(Br)cc(Br)c2)CCSC1. The highest BCUT2D eigenvalue weighted by molar-refractivity contribution is 9.11. The van der Waals surface area contributed by atoms with Gasteiger partial charge in [-0.3, -0.25) is 0 Å². The highest BCUT2D eigenvalue weighted by Gasteiger charge is 2.33. The number of benzene rings is 1. The van der Waals surface area contributed by atoms with Crippen LogP contribution < -0.4 is 0 Å². The summed E-state index contributed by atoms with van der Waals surface area (Å²) in [6, 6.07) is 5.97. The van der Waals surface area contributed by atoms with Gasteiger partial charge in [-0.05, 0) is 35.9 Å². The van der Waals surface area contributed by atoms with E-state index in [9.17, 15) is 5.11 Å². The lowest BCUT2D eigenvalue weighted by Crippen LogP contribution is -2.24. The molecule has 4 heteroatoms. The van der Waals surface area contributed by atoms with Crippen molar-refractivity contribution in [3.05, 3.63) is 32.7 Å². The van der Waals surface area contributed by atoms with E-state index in [2.05, 4.69) is 31.9 Å². The summed E-state index contributed by atoms with van der Waals surface area (Å²) in [6.07, 6.45) is 0.848. The number of aliphatic hydroxyl groups is 1.